The maximum atomic E-state index is 12.5. The van der Waals surface area contributed by atoms with Crippen LogP contribution < -0.4 is 4.74 Å². The van der Waals surface area contributed by atoms with Crippen molar-refractivity contribution >= 4 is 11.8 Å². The largest absolute Gasteiger partial charge is 0.490 e. The zero-order chi connectivity index (χ0) is 19.5. The van der Waals surface area contributed by atoms with Gasteiger partial charge in [0.15, 0.2) is 0 Å². The zero-order valence-corrected chi connectivity index (χ0v) is 16.1. The van der Waals surface area contributed by atoms with Gasteiger partial charge in [-0.3, -0.25) is 14.7 Å². The van der Waals surface area contributed by atoms with Gasteiger partial charge in [0.25, 0.3) is 5.91 Å². The summed E-state index contributed by atoms with van der Waals surface area (Å²) in [5, 5.41) is 6.76. The second kappa shape index (κ2) is 8.04. The number of amides is 2. The maximum Gasteiger partial charge on any atom is 0.253 e. The highest BCUT2D eigenvalue weighted by molar-refractivity contribution is 5.94. The molecule has 1 aromatic carbocycles. The number of carbonyl (C=O) groups excluding carboxylic acids is 2. The Hall–Kier alpha value is -2.83. The van der Waals surface area contributed by atoms with Crippen molar-refractivity contribution in [1.82, 2.24) is 20.0 Å². The summed E-state index contributed by atoms with van der Waals surface area (Å²) in [6, 6.07) is 9.14. The number of aromatic amines is 1. The van der Waals surface area contributed by atoms with E-state index in [1.807, 2.05) is 23.1 Å². The summed E-state index contributed by atoms with van der Waals surface area (Å²) in [7, 11) is 1.77. The fraction of sp³-hybridized carbons (Fsp3) is 0.476. The molecule has 1 N–H and O–H groups in total. The molecule has 28 heavy (non-hydrogen) atoms. The second-order valence-corrected chi connectivity index (χ2v) is 7.68. The van der Waals surface area contributed by atoms with Crippen LogP contribution in [0.2, 0.25) is 0 Å². The molecule has 0 spiro atoms. The molecule has 2 amide bonds. The standard InChI is InChI=1S/C21H26N4O3/c1-24(14-17-8-11-22-23-17)20(26)15-4-6-18(7-5-15)28-19-9-12-25(13-10-19)21(27)16-2-3-16/h4-8,11,16,19H,2-3,9-10,12-14H2,1H3,(H,22,23). The molecule has 2 aromatic rings. The molecule has 7 heteroatoms. The lowest BCUT2D eigenvalue weighted by Crippen LogP contribution is -2.42. The summed E-state index contributed by atoms with van der Waals surface area (Å²) < 4.78 is 6.06. The van der Waals surface area contributed by atoms with Gasteiger partial charge in [0.05, 0.1) is 12.2 Å². The van der Waals surface area contributed by atoms with E-state index in [0.717, 1.165) is 50.2 Å². The lowest BCUT2D eigenvalue weighted by atomic mass is 10.1. The highest BCUT2D eigenvalue weighted by atomic mass is 16.5. The van der Waals surface area contributed by atoms with Gasteiger partial charge >= 0.3 is 0 Å². The third kappa shape index (κ3) is 4.35. The highest BCUT2D eigenvalue weighted by Crippen LogP contribution is 2.32. The van der Waals surface area contributed by atoms with Crippen LogP contribution in [0.15, 0.2) is 36.5 Å². The monoisotopic (exact) mass is 382 g/mol. The highest BCUT2D eigenvalue weighted by Gasteiger charge is 2.35. The molecule has 1 aromatic heterocycles. The molecule has 1 aliphatic heterocycles. The Kier molecular flexibility index (Phi) is 5.32. The summed E-state index contributed by atoms with van der Waals surface area (Å²) in [5.74, 6) is 1.32. The Morgan fingerprint density at radius 3 is 2.46 bits per heavy atom. The van der Waals surface area contributed by atoms with Gasteiger partial charge < -0.3 is 14.5 Å². The van der Waals surface area contributed by atoms with Gasteiger partial charge in [0.2, 0.25) is 5.91 Å². The predicted octanol–water partition coefficient (Wildman–Crippen LogP) is 2.46. The van der Waals surface area contributed by atoms with Gasteiger partial charge in [0, 0.05) is 50.7 Å². The number of nitrogens with zero attached hydrogens (tertiary/aromatic N) is 3. The van der Waals surface area contributed by atoms with Crippen LogP contribution in [0, 0.1) is 5.92 Å². The Balaban J connectivity index is 1.27. The van der Waals surface area contributed by atoms with E-state index in [0.29, 0.717) is 18.0 Å². The van der Waals surface area contributed by atoms with E-state index in [2.05, 4.69) is 10.2 Å². The van der Waals surface area contributed by atoms with Gasteiger partial charge in [-0.2, -0.15) is 5.10 Å². The molecule has 1 aliphatic carbocycles. The number of H-pyrrole nitrogens is 1. The van der Waals surface area contributed by atoms with Crippen LogP contribution >= 0.6 is 0 Å². The van der Waals surface area contributed by atoms with Crippen LogP contribution in [0.4, 0.5) is 0 Å². The normalized spacial score (nSPS) is 17.4. The molecule has 1 saturated carbocycles. The van der Waals surface area contributed by atoms with Crippen LogP contribution in [0.25, 0.3) is 0 Å². The molecule has 4 rings (SSSR count). The molecule has 0 unspecified atom stereocenters. The molecule has 7 nitrogen and oxygen atoms in total. The molecule has 0 bridgehead atoms. The Labute approximate surface area is 164 Å². The number of piperidine rings is 1. The van der Waals surface area contributed by atoms with Gasteiger partial charge in [0.1, 0.15) is 11.9 Å². The van der Waals surface area contributed by atoms with Crippen molar-refractivity contribution in [2.45, 2.75) is 38.3 Å². The van der Waals surface area contributed by atoms with Gasteiger partial charge in [-0.15, -0.1) is 0 Å². The summed E-state index contributed by atoms with van der Waals surface area (Å²) in [6.45, 7) is 2.03. The number of nitrogens with one attached hydrogen (secondary N) is 1. The van der Waals surface area contributed by atoms with Crippen molar-refractivity contribution in [3.63, 3.8) is 0 Å². The van der Waals surface area contributed by atoms with Crippen LogP contribution in [-0.4, -0.2) is 58.1 Å². The van der Waals surface area contributed by atoms with Crippen LogP contribution in [0.5, 0.6) is 5.75 Å². The number of aromatic nitrogens is 2. The molecule has 148 valence electrons. The SMILES string of the molecule is CN(Cc1ccn[nH]1)C(=O)c1ccc(OC2CCN(C(=O)C3CC3)CC2)cc1. The molecule has 2 aliphatic rings. The molecule has 0 radical (unpaired) electrons. The minimum Gasteiger partial charge on any atom is -0.490 e. The van der Waals surface area contributed by atoms with E-state index in [-0.39, 0.29) is 17.9 Å². The van der Waals surface area contributed by atoms with Gasteiger partial charge in [-0.05, 0) is 43.2 Å². The van der Waals surface area contributed by atoms with E-state index in [1.54, 1.807) is 30.3 Å². The van der Waals surface area contributed by atoms with E-state index in [9.17, 15) is 9.59 Å². The zero-order valence-electron chi connectivity index (χ0n) is 16.1. The van der Waals surface area contributed by atoms with E-state index in [1.165, 1.54) is 0 Å². The van der Waals surface area contributed by atoms with E-state index in [4.69, 9.17) is 4.74 Å². The third-order valence-corrected chi connectivity index (χ3v) is 5.40. The molecule has 2 fully saturated rings. The van der Waals surface area contributed by atoms with Crippen LogP contribution in [-0.2, 0) is 11.3 Å². The fourth-order valence-electron chi connectivity index (χ4n) is 3.57. The summed E-state index contributed by atoms with van der Waals surface area (Å²) >= 11 is 0. The lowest BCUT2D eigenvalue weighted by molar-refractivity contribution is -0.134. The molecule has 0 atom stereocenters. The first-order valence-electron chi connectivity index (χ1n) is 9.89. The summed E-state index contributed by atoms with van der Waals surface area (Å²) in [4.78, 5) is 28.3. The summed E-state index contributed by atoms with van der Waals surface area (Å²) in [5.41, 5.74) is 1.52. The number of benzene rings is 1. The number of ether oxygens (including phenoxy) is 1. The van der Waals surface area contributed by atoms with E-state index < -0.39 is 0 Å². The Morgan fingerprint density at radius 1 is 1.14 bits per heavy atom. The van der Waals surface area contributed by atoms with Crippen molar-refractivity contribution in [2.75, 3.05) is 20.1 Å². The number of hydrogen-bond donors (Lipinski definition) is 1. The molecule has 1 saturated heterocycles. The average molecular weight is 382 g/mol. The quantitative estimate of drug-likeness (QED) is 0.832. The first-order chi connectivity index (χ1) is 13.6. The van der Waals surface area contributed by atoms with Gasteiger partial charge in [-0.1, -0.05) is 0 Å². The van der Waals surface area contributed by atoms with Gasteiger partial charge in [-0.25, -0.2) is 0 Å². The number of carbonyl (C=O) groups is 2. The van der Waals surface area contributed by atoms with Crippen molar-refractivity contribution in [3.8, 4) is 5.75 Å². The van der Waals surface area contributed by atoms with Crippen molar-refractivity contribution in [2.24, 2.45) is 5.92 Å². The first-order valence-corrected chi connectivity index (χ1v) is 9.89. The minimum absolute atomic E-state index is 0.0481. The van der Waals surface area contributed by atoms with E-state index >= 15 is 0 Å². The number of hydrogen-bond acceptors (Lipinski definition) is 4. The predicted molar refractivity (Wildman–Crippen MR) is 104 cm³/mol. The first kappa shape index (κ1) is 18.5. The number of rotatable bonds is 6. The molecular formula is C21H26N4O3. The minimum atomic E-state index is -0.0481. The number of likely N-dealkylation sites (tertiary alicyclic amines) is 1. The summed E-state index contributed by atoms with van der Waals surface area (Å²) in [6.07, 6.45) is 5.60. The Bertz CT molecular complexity index is 807. The second-order valence-electron chi connectivity index (χ2n) is 7.68. The topological polar surface area (TPSA) is 78.5 Å². The third-order valence-electron chi connectivity index (χ3n) is 5.40. The lowest BCUT2D eigenvalue weighted by Gasteiger charge is -2.32. The smallest absolute Gasteiger partial charge is 0.253 e. The molecule has 2 heterocycles. The van der Waals surface area contributed by atoms with Crippen LogP contribution in [0.1, 0.15) is 41.7 Å². The Morgan fingerprint density at radius 2 is 1.86 bits per heavy atom. The van der Waals surface area contributed by atoms with Crippen LogP contribution in [0.3, 0.4) is 0 Å². The average Bonchev–Trinajstić information content (AvgIpc) is 3.45. The molecular weight excluding hydrogens is 356 g/mol. The van der Waals surface area contributed by atoms with Crippen molar-refractivity contribution < 1.29 is 14.3 Å². The fourth-order valence-corrected chi connectivity index (χ4v) is 3.57. The van der Waals surface area contributed by atoms with Crippen molar-refractivity contribution in [3.05, 3.63) is 47.8 Å². The maximum absolute atomic E-state index is 12.5. The van der Waals surface area contributed by atoms with Crippen molar-refractivity contribution in [1.29, 1.82) is 0 Å².